The lowest BCUT2D eigenvalue weighted by atomic mass is 10.3. The summed E-state index contributed by atoms with van der Waals surface area (Å²) in [5.41, 5.74) is 0.107. The largest absolute Gasteiger partial charge is 0.478 e. The number of aliphatic carboxylic acids is 1. The molecule has 0 aliphatic rings. The molecular weight excluding hydrogens is 160 g/mol. The van der Waals surface area contributed by atoms with Crippen LogP contribution < -0.4 is 0 Å². The minimum absolute atomic E-state index is 0.107. The van der Waals surface area contributed by atoms with Crippen molar-refractivity contribution in [2.75, 3.05) is 6.61 Å². The quantitative estimate of drug-likeness (QED) is 0.507. The Morgan fingerprint density at radius 1 is 1.50 bits per heavy atom. The molecule has 68 valence electrons. The van der Waals surface area contributed by atoms with Crippen LogP contribution in [0.3, 0.4) is 0 Å². The molecule has 0 saturated carbocycles. The van der Waals surface area contributed by atoms with E-state index in [1.165, 1.54) is 6.92 Å². The van der Waals surface area contributed by atoms with Gasteiger partial charge >= 0.3 is 11.9 Å². The van der Waals surface area contributed by atoms with Crippen LogP contribution in [-0.4, -0.2) is 23.7 Å². The molecule has 0 unspecified atom stereocenters. The van der Waals surface area contributed by atoms with Gasteiger partial charge in [0.2, 0.25) is 0 Å². The molecule has 0 atom stereocenters. The number of carbonyl (C=O) groups is 2. The van der Waals surface area contributed by atoms with Crippen molar-refractivity contribution >= 4 is 11.9 Å². The van der Waals surface area contributed by atoms with Gasteiger partial charge in [-0.25, -0.2) is 9.59 Å². The molecule has 0 saturated heterocycles. The van der Waals surface area contributed by atoms with Crippen LogP contribution in [0.5, 0.6) is 0 Å². The standard InChI is InChI=1S/C8H12O4/c1-3-4-12-8(11)6(2)5-7(9)10/h5H,3-4H2,1-2H3,(H,9,10)/b6-5-. The second-order valence-electron chi connectivity index (χ2n) is 2.30. The molecular formula is C8H12O4. The average Bonchev–Trinajstić information content (AvgIpc) is 1.98. The fourth-order valence-corrected chi connectivity index (χ4v) is 0.553. The zero-order valence-electron chi connectivity index (χ0n) is 7.16. The maximum absolute atomic E-state index is 10.9. The van der Waals surface area contributed by atoms with Gasteiger partial charge in [-0.05, 0) is 13.3 Å². The van der Waals surface area contributed by atoms with Crippen LogP contribution in [0.25, 0.3) is 0 Å². The summed E-state index contributed by atoms with van der Waals surface area (Å²) in [7, 11) is 0. The summed E-state index contributed by atoms with van der Waals surface area (Å²) in [6, 6.07) is 0. The number of rotatable bonds is 4. The van der Waals surface area contributed by atoms with E-state index in [-0.39, 0.29) is 5.57 Å². The summed E-state index contributed by atoms with van der Waals surface area (Å²) < 4.78 is 4.68. The normalized spacial score (nSPS) is 11.0. The van der Waals surface area contributed by atoms with Gasteiger partial charge in [0, 0.05) is 11.6 Å². The first kappa shape index (κ1) is 10.7. The first-order valence-electron chi connectivity index (χ1n) is 3.66. The Morgan fingerprint density at radius 3 is 2.50 bits per heavy atom. The lowest BCUT2D eigenvalue weighted by Crippen LogP contribution is -2.07. The fourth-order valence-electron chi connectivity index (χ4n) is 0.553. The van der Waals surface area contributed by atoms with Crippen LogP contribution in [-0.2, 0) is 14.3 Å². The lowest BCUT2D eigenvalue weighted by Gasteiger charge is -2.00. The Balaban J connectivity index is 4.01. The van der Waals surface area contributed by atoms with Gasteiger partial charge in [0.05, 0.1) is 6.61 Å². The van der Waals surface area contributed by atoms with Gasteiger partial charge in [-0.15, -0.1) is 0 Å². The van der Waals surface area contributed by atoms with Crippen molar-refractivity contribution in [3.05, 3.63) is 11.6 Å². The second kappa shape index (κ2) is 5.35. The average molecular weight is 172 g/mol. The Kier molecular flexibility index (Phi) is 4.76. The summed E-state index contributed by atoms with van der Waals surface area (Å²) in [6.45, 7) is 3.60. The molecule has 4 heteroatoms. The molecule has 0 spiro atoms. The topological polar surface area (TPSA) is 63.6 Å². The molecule has 0 aliphatic carbocycles. The van der Waals surface area contributed by atoms with Gasteiger partial charge in [-0.1, -0.05) is 6.92 Å². The Morgan fingerprint density at radius 2 is 2.08 bits per heavy atom. The van der Waals surface area contributed by atoms with E-state index in [1.54, 1.807) is 0 Å². The molecule has 0 rings (SSSR count). The van der Waals surface area contributed by atoms with Crippen molar-refractivity contribution in [3.63, 3.8) is 0 Å². The van der Waals surface area contributed by atoms with E-state index in [0.717, 1.165) is 12.5 Å². The highest BCUT2D eigenvalue weighted by Crippen LogP contribution is 1.96. The number of carbonyl (C=O) groups excluding carboxylic acids is 1. The molecule has 0 amide bonds. The maximum Gasteiger partial charge on any atom is 0.333 e. The highest BCUT2D eigenvalue weighted by molar-refractivity contribution is 5.95. The van der Waals surface area contributed by atoms with Crippen LogP contribution in [0, 0.1) is 0 Å². The number of esters is 1. The molecule has 0 aromatic heterocycles. The molecule has 4 nitrogen and oxygen atoms in total. The predicted molar refractivity (Wildman–Crippen MR) is 42.6 cm³/mol. The lowest BCUT2D eigenvalue weighted by molar-refractivity contribution is -0.140. The Hall–Kier alpha value is -1.32. The van der Waals surface area contributed by atoms with E-state index in [9.17, 15) is 9.59 Å². The monoisotopic (exact) mass is 172 g/mol. The number of ether oxygens (including phenoxy) is 1. The van der Waals surface area contributed by atoms with Crippen LogP contribution in [0.2, 0.25) is 0 Å². The Labute approximate surface area is 70.8 Å². The van der Waals surface area contributed by atoms with Crippen LogP contribution >= 0.6 is 0 Å². The van der Waals surface area contributed by atoms with E-state index in [2.05, 4.69) is 4.74 Å². The zero-order valence-corrected chi connectivity index (χ0v) is 7.16. The zero-order chi connectivity index (χ0) is 9.56. The van der Waals surface area contributed by atoms with Crippen molar-refractivity contribution in [1.82, 2.24) is 0 Å². The number of hydrogen-bond acceptors (Lipinski definition) is 3. The number of carboxylic acids is 1. The molecule has 12 heavy (non-hydrogen) atoms. The molecule has 0 fully saturated rings. The van der Waals surface area contributed by atoms with Crippen LogP contribution in [0.1, 0.15) is 20.3 Å². The maximum atomic E-state index is 10.9. The highest BCUT2D eigenvalue weighted by Gasteiger charge is 2.05. The first-order valence-corrected chi connectivity index (χ1v) is 3.66. The van der Waals surface area contributed by atoms with E-state index in [4.69, 9.17) is 5.11 Å². The summed E-state index contributed by atoms with van der Waals surface area (Å²) in [4.78, 5) is 21.0. The van der Waals surface area contributed by atoms with Gasteiger partial charge < -0.3 is 9.84 Å². The van der Waals surface area contributed by atoms with Gasteiger partial charge in [0.25, 0.3) is 0 Å². The highest BCUT2D eigenvalue weighted by atomic mass is 16.5. The smallest absolute Gasteiger partial charge is 0.333 e. The Bertz CT molecular complexity index is 205. The third-order valence-electron chi connectivity index (χ3n) is 1.10. The molecule has 0 radical (unpaired) electrons. The van der Waals surface area contributed by atoms with Crippen LogP contribution in [0.15, 0.2) is 11.6 Å². The third kappa shape index (κ3) is 4.49. The van der Waals surface area contributed by atoms with E-state index in [1.807, 2.05) is 6.92 Å². The molecule has 0 heterocycles. The van der Waals surface area contributed by atoms with Crippen molar-refractivity contribution in [3.8, 4) is 0 Å². The van der Waals surface area contributed by atoms with Crippen molar-refractivity contribution in [2.24, 2.45) is 0 Å². The number of carboxylic acid groups (broad SMARTS) is 1. The van der Waals surface area contributed by atoms with Gasteiger partial charge in [0.1, 0.15) is 0 Å². The summed E-state index contributed by atoms with van der Waals surface area (Å²) in [5, 5.41) is 8.27. The summed E-state index contributed by atoms with van der Waals surface area (Å²) in [6.07, 6.45) is 1.56. The summed E-state index contributed by atoms with van der Waals surface area (Å²) in [5.74, 6) is -1.71. The first-order chi connectivity index (χ1) is 5.57. The predicted octanol–water partition coefficient (Wildman–Crippen LogP) is 0.970. The second-order valence-corrected chi connectivity index (χ2v) is 2.30. The van der Waals surface area contributed by atoms with E-state index >= 15 is 0 Å². The molecule has 0 aromatic rings. The van der Waals surface area contributed by atoms with E-state index in [0.29, 0.717) is 6.61 Å². The molecule has 0 bridgehead atoms. The SMILES string of the molecule is CCCOC(=O)/C(C)=C\C(=O)O. The van der Waals surface area contributed by atoms with Gasteiger partial charge in [-0.2, -0.15) is 0 Å². The van der Waals surface area contributed by atoms with E-state index < -0.39 is 11.9 Å². The third-order valence-corrected chi connectivity index (χ3v) is 1.10. The minimum Gasteiger partial charge on any atom is -0.478 e. The van der Waals surface area contributed by atoms with Gasteiger partial charge in [0.15, 0.2) is 0 Å². The number of hydrogen-bond donors (Lipinski definition) is 1. The fraction of sp³-hybridized carbons (Fsp3) is 0.500. The molecule has 1 N–H and O–H groups in total. The minimum atomic E-state index is -1.14. The van der Waals surface area contributed by atoms with Crippen molar-refractivity contribution in [1.29, 1.82) is 0 Å². The summed E-state index contributed by atoms with van der Waals surface area (Å²) >= 11 is 0. The van der Waals surface area contributed by atoms with Crippen molar-refractivity contribution < 1.29 is 19.4 Å². The molecule has 0 aliphatic heterocycles. The van der Waals surface area contributed by atoms with Crippen LogP contribution in [0.4, 0.5) is 0 Å². The van der Waals surface area contributed by atoms with Crippen molar-refractivity contribution in [2.45, 2.75) is 20.3 Å². The van der Waals surface area contributed by atoms with Gasteiger partial charge in [-0.3, -0.25) is 0 Å². The molecule has 0 aromatic carbocycles.